The molecular weight excluding hydrogens is 310 g/mol. The number of halogens is 2. The van der Waals surface area contributed by atoms with Crippen molar-refractivity contribution < 1.29 is 22.0 Å². The van der Waals surface area contributed by atoms with Crippen LogP contribution in [0.1, 0.15) is 22.5 Å². The zero-order valence-electron chi connectivity index (χ0n) is 10.4. The Labute approximate surface area is 119 Å². The molecule has 0 unspecified atom stereocenters. The van der Waals surface area contributed by atoms with Gasteiger partial charge in [-0.1, -0.05) is 0 Å². The van der Waals surface area contributed by atoms with Crippen LogP contribution in [0.4, 0.5) is 8.78 Å². The second-order valence-corrected chi connectivity index (χ2v) is 7.22. The predicted octanol–water partition coefficient (Wildman–Crippen LogP) is 1.23. The number of piperidine rings is 1. The van der Waals surface area contributed by atoms with E-state index in [1.807, 2.05) is 0 Å². The van der Waals surface area contributed by atoms with Crippen LogP contribution in [0.3, 0.4) is 0 Å². The number of sulfone groups is 1. The van der Waals surface area contributed by atoms with Crippen molar-refractivity contribution in [2.24, 2.45) is 0 Å². The van der Waals surface area contributed by atoms with Gasteiger partial charge in [0.25, 0.3) is 5.91 Å². The predicted molar refractivity (Wildman–Crippen MR) is 70.9 cm³/mol. The van der Waals surface area contributed by atoms with Gasteiger partial charge in [0.05, 0.1) is 4.90 Å². The third kappa shape index (κ3) is 3.15. The lowest BCUT2D eigenvalue weighted by Crippen LogP contribution is -2.42. The molecule has 2 heterocycles. The quantitative estimate of drug-likeness (QED) is 0.873. The zero-order valence-corrected chi connectivity index (χ0v) is 12.1. The van der Waals surface area contributed by atoms with E-state index < -0.39 is 26.4 Å². The van der Waals surface area contributed by atoms with Crippen LogP contribution in [0.25, 0.3) is 0 Å². The van der Waals surface area contributed by atoms with Gasteiger partial charge in [-0.15, -0.1) is 11.3 Å². The molecule has 1 aliphatic heterocycles. The Morgan fingerprint density at radius 1 is 1.40 bits per heavy atom. The molecule has 9 heteroatoms. The fourth-order valence-corrected chi connectivity index (χ4v) is 4.07. The Hall–Kier alpha value is -1.06. The third-order valence-corrected chi connectivity index (χ3v) is 5.52. The van der Waals surface area contributed by atoms with Gasteiger partial charge in [0.2, 0.25) is 9.84 Å². The number of thiophene rings is 1. The number of hydrogen-bond donors (Lipinski definition) is 2. The maximum absolute atomic E-state index is 12.6. The van der Waals surface area contributed by atoms with Crippen molar-refractivity contribution in [1.29, 1.82) is 0 Å². The third-order valence-electron chi connectivity index (χ3n) is 3.05. The molecule has 1 aromatic heterocycles. The van der Waals surface area contributed by atoms with Crippen molar-refractivity contribution in [3.8, 4) is 0 Å². The first kappa shape index (κ1) is 15.3. The number of hydrogen-bond acceptors (Lipinski definition) is 5. The molecule has 0 atom stereocenters. The molecule has 5 nitrogen and oxygen atoms in total. The van der Waals surface area contributed by atoms with Crippen LogP contribution in [0.5, 0.6) is 0 Å². The van der Waals surface area contributed by atoms with E-state index in [0.29, 0.717) is 0 Å². The summed E-state index contributed by atoms with van der Waals surface area (Å²) >= 11 is 0.850. The largest absolute Gasteiger partial charge is 0.348 e. The average molecular weight is 324 g/mol. The summed E-state index contributed by atoms with van der Waals surface area (Å²) in [6, 6.07) is 0.983. The number of carbonyl (C=O) groups excluding carboxylic acids is 1. The highest BCUT2D eigenvalue weighted by Gasteiger charge is 2.32. The molecule has 0 aromatic carbocycles. The van der Waals surface area contributed by atoms with Crippen molar-refractivity contribution >= 4 is 27.1 Å². The van der Waals surface area contributed by atoms with E-state index in [1.165, 1.54) is 5.38 Å². The molecule has 1 aromatic rings. The van der Waals surface area contributed by atoms with Gasteiger partial charge >= 0.3 is 5.76 Å². The Bertz CT molecular complexity index is 580. The van der Waals surface area contributed by atoms with E-state index >= 15 is 0 Å². The molecule has 1 saturated heterocycles. The summed E-state index contributed by atoms with van der Waals surface area (Å²) in [5, 5.41) is 7.15. The minimum absolute atomic E-state index is 0.0621. The van der Waals surface area contributed by atoms with Gasteiger partial charge in [-0.3, -0.25) is 4.79 Å². The topological polar surface area (TPSA) is 75.3 Å². The Balaban J connectivity index is 2.17. The average Bonchev–Trinajstić information content (AvgIpc) is 2.89. The van der Waals surface area contributed by atoms with Crippen molar-refractivity contribution in [3.63, 3.8) is 0 Å². The standard InChI is InChI=1S/C11H14F2N2O3S2/c12-11(13)20(17,18)8-3-6-19-9(8)10(16)15-7-1-4-14-5-2-7/h3,6-7,11,14H,1-2,4-5H2,(H,15,16). The fraction of sp³-hybridized carbons (Fsp3) is 0.545. The van der Waals surface area contributed by atoms with E-state index in [1.54, 1.807) is 0 Å². The minimum atomic E-state index is -4.75. The molecule has 1 fully saturated rings. The van der Waals surface area contributed by atoms with Crippen molar-refractivity contribution in [2.45, 2.75) is 29.5 Å². The lowest BCUT2D eigenvalue weighted by Gasteiger charge is -2.23. The van der Waals surface area contributed by atoms with Crippen LogP contribution in [0.15, 0.2) is 16.3 Å². The van der Waals surface area contributed by atoms with E-state index in [4.69, 9.17) is 0 Å². The SMILES string of the molecule is O=C(NC1CCNCC1)c1sccc1S(=O)(=O)C(F)F. The smallest absolute Gasteiger partial charge is 0.341 e. The fourth-order valence-electron chi connectivity index (χ4n) is 2.00. The van der Waals surface area contributed by atoms with E-state index in [-0.39, 0.29) is 10.9 Å². The minimum Gasteiger partial charge on any atom is -0.348 e. The molecule has 0 aliphatic carbocycles. The molecule has 20 heavy (non-hydrogen) atoms. The zero-order chi connectivity index (χ0) is 14.8. The van der Waals surface area contributed by atoms with Crippen LogP contribution in [0.2, 0.25) is 0 Å². The van der Waals surface area contributed by atoms with Crippen LogP contribution in [-0.2, 0) is 9.84 Å². The molecule has 1 aliphatic rings. The number of amides is 1. The van der Waals surface area contributed by atoms with Crippen LogP contribution in [-0.4, -0.2) is 39.2 Å². The molecule has 2 rings (SSSR count). The number of alkyl halides is 2. The second kappa shape index (κ2) is 6.15. The van der Waals surface area contributed by atoms with Crippen LogP contribution < -0.4 is 10.6 Å². The van der Waals surface area contributed by atoms with Gasteiger partial charge in [-0.05, 0) is 37.4 Å². The van der Waals surface area contributed by atoms with E-state index in [9.17, 15) is 22.0 Å². The van der Waals surface area contributed by atoms with Crippen LogP contribution >= 0.6 is 11.3 Å². The Morgan fingerprint density at radius 2 is 2.05 bits per heavy atom. The molecule has 0 spiro atoms. The highest BCUT2D eigenvalue weighted by Crippen LogP contribution is 2.26. The first-order chi connectivity index (χ1) is 9.43. The Kier molecular flexibility index (Phi) is 4.71. The van der Waals surface area contributed by atoms with Gasteiger partial charge in [0.1, 0.15) is 4.88 Å². The summed E-state index contributed by atoms with van der Waals surface area (Å²) in [5.74, 6) is -4.13. The van der Waals surface area contributed by atoms with Gasteiger partial charge in [-0.25, -0.2) is 8.42 Å². The molecule has 0 saturated carbocycles. The maximum atomic E-state index is 12.6. The van der Waals surface area contributed by atoms with Gasteiger partial charge in [-0.2, -0.15) is 8.78 Å². The summed E-state index contributed by atoms with van der Waals surface area (Å²) in [5.41, 5.74) is 0. The van der Waals surface area contributed by atoms with Crippen molar-refractivity contribution in [3.05, 3.63) is 16.3 Å². The number of carbonyl (C=O) groups is 1. The van der Waals surface area contributed by atoms with E-state index in [2.05, 4.69) is 10.6 Å². The Morgan fingerprint density at radius 3 is 2.65 bits per heavy atom. The summed E-state index contributed by atoms with van der Waals surface area (Å²) in [6.07, 6.45) is 1.46. The van der Waals surface area contributed by atoms with Gasteiger partial charge in [0, 0.05) is 6.04 Å². The number of nitrogens with one attached hydrogen (secondary N) is 2. The monoisotopic (exact) mass is 324 g/mol. The normalized spacial score (nSPS) is 17.4. The molecule has 1 amide bonds. The highest BCUT2D eigenvalue weighted by molar-refractivity contribution is 7.92. The first-order valence-electron chi connectivity index (χ1n) is 6.04. The molecule has 0 radical (unpaired) electrons. The summed E-state index contributed by atoms with van der Waals surface area (Å²) in [4.78, 5) is 11.3. The molecular formula is C11H14F2N2O3S2. The summed E-state index contributed by atoms with van der Waals surface area (Å²) in [6.45, 7) is 1.52. The van der Waals surface area contributed by atoms with Crippen molar-refractivity contribution in [1.82, 2.24) is 10.6 Å². The number of rotatable bonds is 4. The van der Waals surface area contributed by atoms with Gasteiger partial charge in [0.15, 0.2) is 0 Å². The molecule has 2 N–H and O–H groups in total. The lowest BCUT2D eigenvalue weighted by molar-refractivity contribution is 0.0930. The van der Waals surface area contributed by atoms with Gasteiger partial charge < -0.3 is 10.6 Å². The molecule has 112 valence electrons. The highest BCUT2D eigenvalue weighted by atomic mass is 32.2. The van der Waals surface area contributed by atoms with E-state index in [0.717, 1.165) is 43.3 Å². The molecule has 0 bridgehead atoms. The first-order valence-corrected chi connectivity index (χ1v) is 8.46. The second-order valence-electron chi connectivity index (χ2n) is 4.42. The summed E-state index contributed by atoms with van der Waals surface area (Å²) < 4.78 is 48.1. The van der Waals surface area contributed by atoms with Crippen LogP contribution in [0, 0.1) is 0 Å². The van der Waals surface area contributed by atoms with Crippen molar-refractivity contribution in [2.75, 3.05) is 13.1 Å². The maximum Gasteiger partial charge on any atom is 0.341 e. The lowest BCUT2D eigenvalue weighted by atomic mass is 10.1. The summed E-state index contributed by atoms with van der Waals surface area (Å²) in [7, 11) is -4.75.